The van der Waals surface area contributed by atoms with E-state index < -0.39 is 0 Å². The van der Waals surface area contributed by atoms with Crippen LogP contribution in [0.4, 0.5) is 0 Å². The molecule has 1 atom stereocenters. The van der Waals surface area contributed by atoms with Gasteiger partial charge in [-0.05, 0) is 40.2 Å². The molecule has 2 rings (SSSR count). The number of piperazine rings is 1. The van der Waals surface area contributed by atoms with Crippen molar-refractivity contribution in [2.24, 2.45) is 0 Å². The summed E-state index contributed by atoms with van der Waals surface area (Å²) in [6.07, 6.45) is 0.295. The molecule has 1 N–H and O–H groups in total. The third kappa shape index (κ3) is 4.06. The van der Waals surface area contributed by atoms with Crippen LogP contribution in [0.3, 0.4) is 0 Å². The molecule has 0 saturated carbocycles. The fourth-order valence-electron chi connectivity index (χ4n) is 3.04. The summed E-state index contributed by atoms with van der Waals surface area (Å²) in [7, 11) is 0. The third-order valence-electron chi connectivity index (χ3n) is 4.40. The summed E-state index contributed by atoms with van der Waals surface area (Å²) in [6.45, 7) is 14.8. The first-order valence-corrected chi connectivity index (χ1v) is 8.01. The molecule has 0 bridgehead atoms. The Morgan fingerprint density at radius 3 is 2.48 bits per heavy atom. The van der Waals surface area contributed by atoms with Crippen LogP contribution in [0, 0.1) is 0 Å². The Balaban J connectivity index is 2.16. The van der Waals surface area contributed by atoms with Crippen molar-refractivity contribution in [3.05, 3.63) is 35.9 Å². The van der Waals surface area contributed by atoms with Gasteiger partial charge in [0.2, 0.25) is 0 Å². The van der Waals surface area contributed by atoms with E-state index in [0.717, 1.165) is 26.2 Å². The minimum atomic E-state index is 0.0249. The SMILES string of the molecule is CC(C)OCCN1CC(C)(C)NCC1(C)c1ccccc1. The van der Waals surface area contributed by atoms with Crippen LogP contribution in [0.1, 0.15) is 40.2 Å². The average molecular weight is 290 g/mol. The van der Waals surface area contributed by atoms with Crippen LogP contribution < -0.4 is 5.32 Å². The van der Waals surface area contributed by atoms with Crippen LogP contribution in [0.5, 0.6) is 0 Å². The number of ether oxygens (including phenoxy) is 1. The number of rotatable bonds is 5. The Labute approximate surface area is 129 Å². The van der Waals surface area contributed by atoms with Crippen molar-refractivity contribution in [3.63, 3.8) is 0 Å². The second-order valence-corrected chi connectivity index (χ2v) is 7.22. The summed E-state index contributed by atoms with van der Waals surface area (Å²) in [4.78, 5) is 2.57. The molecule has 1 heterocycles. The molecular formula is C18H30N2O. The van der Waals surface area contributed by atoms with Gasteiger partial charge in [-0.1, -0.05) is 30.3 Å². The number of hydrogen-bond acceptors (Lipinski definition) is 3. The molecule has 3 nitrogen and oxygen atoms in total. The van der Waals surface area contributed by atoms with Crippen molar-refractivity contribution < 1.29 is 4.74 Å². The van der Waals surface area contributed by atoms with Gasteiger partial charge in [-0.3, -0.25) is 4.90 Å². The highest BCUT2D eigenvalue weighted by Gasteiger charge is 2.41. The number of hydrogen-bond donors (Lipinski definition) is 1. The van der Waals surface area contributed by atoms with E-state index in [9.17, 15) is 0 Å². The molecule has 1 fully saturated rings. The zero-order chi connectivity index (χ0) is 15.5. The molecule has 1 aromatic carbocycles. The van der Waals surface area contributed by atoms with Gasteiger partial charge in [-0.15, -0.1) is 0 Å². The Morgan fingerprint density at radius 2 is 1.86 bits per heavy atom. The van der Waals surface area contributed by atoms with Crippen LogP contribution in [0.15, 0.2) is 30.3 Å². The lowest BCUT2D eigenvalue weighted by molar-refractivity contribution is -0.0123. The van der Waals surface area contributed by atoms with Gasteiger partial charge in [0.1, 0.15) is 0 Å². The summed E-state index contributed by atoms with van der Waals surface area (Å²) in [5.41, 5.74) is 1.54. The summed E-state index contributed by atoms with van der Waals surface area (Å²) >= 11 is 0. The molecule has 1 unspecified atom stereocenters. The Bertz CT molecular complexity index is 444. The van der Waals surface area contributed by atoms with E-state index in [0.29, 0.717) is 6.10 Å². The van der Waals surface area contributed by atoms with Crippen molar-refractivity contribution in [1.82, 2.24) is 10.2 Å². The standard InChI is InChI=1S/C18H30N2O/c1-15(2)21-12-11-20-14-17(3,4)19-13-18(20,5)16-9-7-6-8-10-16/h6-10,15,19H,11-14H2,1-5H3. The minimum absolute atomic E-state index is 0.0249. The van der Waals surface area contributed by atoms with Gasteiger partial charge >= 0.3 is 0 Å². The molecule has 1 aromatic rings. The average Bonchev–Trinajstić information content (AvgIpc) is 2.43. The lowest BCUT2D eigenvalue weighted by Crippen LogP contribution is -2.66. The molecular weight excluding hydrogens is 260 g/mol. The van der Waals surface area contributed by atoms with Crippen LogP contribution in [0.2, 0.25) is 0 Å². The van der Waals surface area contributed by atoms with Crippen molar-refractivity contribution in [2.75, 3.05) is 26.2 Å². The highest BCUT2D eigenvalue weighted by Crippen LogP contribution is 2.32. The maximum atomic E-state index is 5.78. The van der Waals surface area contributed by atoms with E-state index >= 15 is 0 Å². The molecule has 118 valence electrons. The zero-order valence-corrected chi connectivity index (χ0v) is 14.1. The zero-order valence-electron chi connectivity index (χ0n) is 14.1. The molecule has 1 aliphatic rings. The topological polar surface area (TPSA) is 24.5 Å². The molecule has 21 heavy (non-hydrogen) atoms. The van der Waals surface area contributed by atoms with Gasteiger partial charge in [0.15, 0.2) is 0 Å². The molecule has 0 spiro atoms. The van der Waals surface area contributed by atoms with Crippen molar-refractivity contribution in [1.29, 1.82) is 0 Å². The highest BCUT2D eigenvalue weighted by molar-refractivity contribution is 5.26. The van der Waals surface area contributed by atoms with E-state index in [2.05, 4.69) is 75.2 Å². The normalized spacial score (nSPS) is 26.2. The number of nitrogens with zero attached hydrogens (tertiary/aromatic N) is 1. The Kier molecular flexibility index (Phi) is 5.07. The Morgan fingerprint density at radius 1 is 1.19 bits per heavy atom. The van der Waals surface area contributed by atoms with Gasteiger partial charge in [0, 0.05) is 25.2 Å². The van der Waals surface area contributed by atoms with Crippen molar-refractivity contribution >= 4 is 0 Å². The fourth-order valence-corrected chi connectivity index (χ4v) is 3.04. The third-order valence-corrected chi connectivity index (χ3v) is 4.40. The van der Waals surface area contributed by atoms with Gasteiger partial charge in [-0.2, -0.15) is 0 Å². The predicted octanol–water partition coefficient (Wildman–Crippen LogP) is 3.01. The van der Waals surface area contributed by atoms with E-state index in [1.54, 1.807) is 0 Å². The quantitative estimate of drug-likeness (QED) is 0.902. The number of nitrogens with one attached hydrogen (secondary N) is 1. The van der Waals surface area contributed by atoms with Gasteiger partial charge < -0.3 is 10.1 Å². The smallest absolute Gasteiger partial charge is 0.0597 e. The van der Waals surface area contributed by atoms with Crippen LogP contribution in [-0.4, -0.2) is 42.8 Å². The van der Waals surface area contributed by atoms with Crippen molar-refractivity contribution in [2.45, 2.75) is 51.8 Å². The van der Waals surface area contributed by atoms with Crippen LogP contribution >= 0.6 is 0 Å². The van der Waals surface area contributed by atoms with Gasteiger partial charge in [-0.25, -0.2) is 0 Å². The lowest BCUT2D eigenvalue weighted by atomic mass is 9.84. The second-order valence-electron chi connectivity index (χ2n) is 7.22. The van der Waals surface area contributed by atoms with E-state index in [4.69, 9.17) is 4.74 Å². The minimum Gasteiger partial charge on any atom is -0.377 e. The molecule has 0 radical (unpaired) electrons. The molecule has 0 aliphatic carbocycles. The highest BCUT2D eigenvalue weighted by atomic mass is 16.5. The van der Waals surface area contributed by atoms with Gasteiger partial charge in [0.05, 0.1) is 18.2 Å². The summed E-state index contributed by atoms with van der Waals surface area (Å²) in [6, 6.07) is 10.8. The summed E-state index contributed by atoms with van der Waals surface area (Å²) < 4.78 is 5.78. The second kappa shape index (κ2) is 6.47. The summed E-state index contributed by atoms with van der Waals surface area (Å²) in [5.74, 6) is 0. The van der Waals surface area contributed by atoms with E-state index in [1.807, 2.05) is 0 Å². The molecule has 1 saturated heterocycles. The van der Waals surface area contributed by atoms with Crippen molar-refractivity contribution in [3.8, 4) is 0 Å². The first kappa shape index (κ1) is 16.5. The summed E-state index contributed by atoms with van der Waals surface area (Å²) in [5, 5.41) is 3.69. The van der Waals surface area contributed by atoms with E-state index in [1.165, 1.54) is 5.56 Å². The van der Waals surface area contributed by atoms with Crippen LogP contribution in [-0.2, 0) is 10.3 Å². The number of benzene rings is 1. The predicted molar refractivity (Wildman–Crippen MR) is 88.5 cm³/mol. The molecule has 1 aliphatic heterocycles. The van der Waals surface area contributed by atoms with Gasteiger partial charge in [0.25, 0.3) is 0 Å². The van der Waals surface area contributed by atoms with E-state index in [-0.39, 0.29) is 11.1 Å². The fraction of sp³-hybridized carbons (Fsp3) is 0.667. The molecule has 0 aromatic heterocycles. The lowest BCUT2D eigenvalue weighted by Gasteiger charge is -2.51. The maximum Gasteiger partial charge on any atom is 0.0597 e. The van der Waals surface area contributed by atoms with Crippen LogP contribution in [0.25, 0.3) is 0 Å². The Hall–Kier alpha value is -0.900. The first-order chi connectivity index (χ1) is 9.83. The largest absolute Gasteiger partial charge is 0.377 e. The first-order valence-electron chi connectivity index (χ1n) is 8.01. The monoisotopic (exact) mass is 290 g/mol. The molecule has 0 amide bonds. The molecule has 3 heteroatoms. The maximum absolute atomic E-state index is 5.78.